The Bertz CT molecular complexity index is 1200. The lowest BCUT2D eigenvalue weighted by Gasteiger charge is -2.38. The van der Waals surface area contributed by atoms with Crippen molar-refractivity contribution in [2.45, 2.75) is 74.9 Å². The van der Waals surface area contributed by atoms with E-state index < -0.39 is 22.8 Å². The number of fused-ring (bicyclic) bond motifs is 2. The number of amides is 1. The molecule has 0 aromatic heterocycles. The maximum absolute atomic E-state index is 14.5. The molecule has 2 heterocycles. The molecule has 1 amide bonds. The summed E-state index contributed by atoms with van der Waals surface area (Å²) in [7, 11) is 0. The zero-order valence-electron chi connectivity index (χ0n) is 20.7. The largest absolute Gasteiger partial charge is 0.772 e. The molecule has 2 aliphatic carbocycles. The number of halogens is 3. The normalized spacial score (nSPS) is 25.0. The van der Waals surface area contributed by atoms with Crippen LogP contribution < -0.4 is 5.73 Å². The number of nitrogens with zero attached hydrogens (tertiary/aromatic N) is 2. The summed E-state index contributed by atoms with van der Waals surface area (Å²) in [6, 6.07) is 10.1. The topological polar surface area (TPSA) is 89.7 Å². The molecule has 37 heavy (non-hydrogen) atoms. The van der Waals surface area contributed by atoms with Crippen molar-refractivity contribution in [3.63, 3.8) is 0 Å². The van der Waals surface area contributed by atoms with Crippen LogP contribution in [-0.2, 0) is 17.6 Å². The summed E-state index contributed by atoms with van der Waals surface area (Å²) in [4.78, 5) is 16.6. The molecule has 10 heteroatoms. The molecule has 6 nitrogen and oxygen atoms in total. The van der Waals surface area contributed by atoms with Gasteiger partial charge in [0.1, 0.15) is 5.82 Å². The monoisotopic (exact) mass is 566 g/mol. The average Bonchev–Trinajstić information content (AvgIpc) is 3.76. The zero-order valence-corrected chi connectivity index (χ0v) is 23.0. The highest BCUT2D eigenvalue weighted by Crippen LogP contribution is 2.44. The fourth-order valence-corrected chi connectivity index (χ4v) is 6.73. The fraction of sp³-hybridized carbons (Fsp3) is 0.519. The number of rotatable bonds is 7. The molecule has 2 bridgehead atoms. The molecule has 4 atom stereocenters. The van der Waals surface area contributed by atoms with E-state index in [1.54, 1.807) is 12.1 Å². The van der Waals surface area contributed by atoms with E-state index >= 15 is 0 Å². The quantitative estimate of drug-likeness (QED) is 0.467. The minimum Gasteiger partial charge on any atom is -0.772 e. The summed E-state index contributed by atoms with van der Waals surface area (Å²) in [6.07, 6.45) is 5.07. The SMILES string of the molecule is C[C@H](c1cc(Cl)cc(Cl)c1)N1C[C@@H]2C[C@H]1CN2Cc1cc(F)c(C(N)=O)cc1C1CC1.O=S([O-])C1CC1. The molecule has 6 rings (SSSR count). The second-order valence-corrected chi connectivity index (χ2v) is 12.7. The Morgan fingerprint density at radius 3 is 2.27 bits per heavy atom. The molecule has 2 aromatic rings. The molecule has 0 radical (unpaired) electrons. The fourth-order valence-electron chi connectivity index (χ4n) is 5.67. The third-order valence-electron chi connectivity index (χ3n) is 7.94. The zero-order chi connectivity index (χ0) is 26.4. The van der Waals surface area contributed by atoms with E-state index in [2.05, 4.69) is 16.7 Å². The molecular formula is C27H31Cl2FN3O3S-. The maximum Gasteiger partial charge on any atom is 0.251 e. The van der Waals surface area contributed by atoms with Gasteiger partial charge in [-0.3, -0.25) is 18.8 Å². The van der Waals surface area contributed by atoms with Crippen molar-refractivity contribution in [3.8, 4) is 0 Å². The highest BCUT2D eigenvalue weighted by atomic mass is 35.5. The molecule has 200 valence electrons. The smallest absolute Gasteiger partial charge is 0.251 e. The van der Waals surface area contributed by atoms with Crippen molar-refractivity contribution >= 4 is 40.2 Å². The third kappa shape index (κ3) is 6.21. The van der Waals surface area contributed by atoms with E-state index in [4.69, 9.17) is 28.9 Å². The first kappa shape index (κ1) is 27.0. The Morgan fingerprint density at radius 2 is 1.78 bits per heavy atom. The maximum atomic E-state index is 14.5. The third-order valence-corrected chi connectivity index (χ3v) is 9.39. The molecule has 2 aliphatic heterocycles. The van der Waals surface area contributed by atoms with Crippen LogP contribution in [-0.4, -0.2) is 54.9 Å². The second-order valence-electron chi connectivity index (χ2n) is 10.7. The van der Waals surface area contributed by atoms with Crippen molar-refractivity contribution in [1.29, 1.82) is 0 Å². The number of nitrogens with two attached hydrogens (primary N) is 1. The van der Waals surface area contributed by atoms with E-state index in [1.165, 1.54) is 6.07 Å². The molecular weight excluding hydrogens is 536 g/mol. The van der Waals surface area contributed by atoms with Crippen LogP contribution in [0.1, 0.15) is 78.0 Å². The number of primary amides is 1. The Morgan fingerprint density at radius 1 is 1.11 bits per heavy atom. The lowest BCUT2D eigenvalue weighted by Crippen LogP contribution is -2.46. The predicted molar refractivity (Wildman–Crippen MR) is 143 cm³/mol. The van der Waals surface area contributed by atoms with Gasteiger partial charge in [-0.15, -0.1) is 0 Å². The van der Waals surface area contributed by atoms with Gasteiger partial charge in [0.25, 0.3) is 5.91 Å². The summed E-state index contributed by atoms with van der Waals surface area (Å²) < 4.78 is 34.0. The van der Waals surface area contributed by atoms with Crippen LogP contribution in [0, 0.1) is 5.82 Å². The molecule has 1 unspecified atom stereocenters. The Kier molecular flexibility index (Phi) is 7.97. The Labute approximate surface area is 229 Å². The first-order valence-electron chi connectivity index (χ1n) is 12.8. The van der Waals surface area contributed by atoms with Crippen molar-refractivity contribution in [3.05, 3.63) is 68.4 Å². The van der Waals surface area contributed by atoms with Crippen molar-refractivity contribution < 1.29 is 17.9 Å². The molecule has 4 fully saturated rings. The summed E-state index contributed by atoms with van der Waals surface area (Å²) in [5.74, 6) is -0.779. The van der Waals surface area contributed by atoms with Gasteiger partial charge in [0.05, 0.1) is 5.56 Å². The van der Waals surface area contributed by atoms with Crippen LogP contribution in [0.15, 0.2) is 30.3 Å². The predicted octanol–water partition coefficient (Wildman–Crippen LogP) is 5.16. The summed E-state index contributed by atoms with van der Waals surface area (Å²) in [6.45, 7) is 4.84. The van der Waals surface area contributed by atoms with E-state index in [-0.39, 0.29) is 16.9 Å². The summed E-state index contributed by atoms with van der Waals surface area (Å²) in [5, 5.41) is 1.34. The number of piperazine rings is 1. The van der Waals surface area contributed by atoms with Gasteiger partial charge in [-0.05, 0) is 92.0 Å². The van der Waals surface area contributed by atoms with Crippen LogP contribution in [0.5, 0.6) is 0 Å². The second kappa shape index (κ2) is 10.9. The summed E-state index contributed by atoms with van der Waals surface area (Å²) in [5.41, 5.74) is 8.60. The van der Waals surface area contributed by atoms with Gasteiger partial charge in [0.2, 0.25) is 0 Å². The Hall–Kier alpha value is -1.55. The van der Waals surface area contributed by atoms with Crippen LogP contribution in [0.2, 0.25) is 10.0 Å². The first-order chi connectivity index (χ1) is 17.6. The highest BCUT2D eigenvalue weighted by molar-refractivity contribution is 7.80. The number of carbonyl (C=O) groups excluding carboxylic acids is 1. The van der Waals surface area contributed by atoms with E-state index in [1.807, 2.05) is 12.1 Å². The van der Waals surface area contributed by atoms with Gasteiger partial charge in [0.15, 0.2) is 0 Å². The van der Waals surface area contributed by atoms with Gasteiger partial charge >= 0.3 is 0 Å². The lowest BCUT2D eigenvalue weighted by atomic mass is 9.98. The number of carbonyl (C=O) groups is 1. The minimum absolute atomic E-state index is 0.00813. The summed E-state index contributed by atoms with van der Waals surface area (Å²) >= 11 is 10.7. The number of hydrogen-bond acceptors (Lipinski definition) is 5. The number of likely N-dealkylation sites (tertiary alicyclic amines) is 2. The van der Waals surface area contributed by atoms with Gasteiger partial charge in [-0.1, -0.05) is 34.3 Å². The van der Waals surface area contributed by atoms with E-state index in [9.17, 15) is 17.9 Å². The lowest BCUT2D eigenvalue weighted by molar-refractivity contribution is 0.0935. The van der Waals surface area contributed by atoms with Gasteiger partial charge in [-0.25, -0.2) is 4.39 Å². The minimum atomic E-state index is -1.76. The standard InChI is InChI=1S/C24H26Cl2FN3O.C3H6O2S/c1-13(15-4-17(25)7-18(26)5-15)30-12-19-8-20(30)11-29(19)10-16-6-23(27)22(24(28)31)9-21(16)14-2-3-14;4-6(5)3-1-2-3/h4-7,9,13-14,19-20H,2-3,8,10-12H2,1H3,(H2,28,31);3H,1-2H2,(H,4,5)/p-1/t13-,19+,20+;/m1./s1. The molecule has 2 saturated heterocycles. The van der Waals surface area contributed by atoms with Crippen LogP contribution in [0.3, 0.4) is 0 Å². The van der Waals surface area contributed by atoms with E-state index in [0.717, 1.165) is 61.9 Å². The van der Waals surface area contributed by atoms with Crippen LogP contribution in [0.25, 0.3) is 0 Å². The molecule has 2 saturated carbocycles. The van der Waals surface area contributed by atoms with Gasteiger partial charge < -0.3 is 10.3 Å². The van der Waals surface area contributed by atoms with Gasteiger partial charge in [0, 0.05) is 53.1 Å². The van der Waals surface area contributed by atoms with Crippen molar-refractivity contribution in [2.75, 3.05) is 13.1 Å². The number of hydrogen-bond donors (Lipinski definition) is 1. The molecule has 2 aromatic carbocycles. The molecule has 0 spiro atoms. The van der Waals surface area contributed by atoms with Gasteiger partial charge in [-0.2, -0.15) is 0 Å². The molecule has 2 N–H and O–H groups in total. The van der Waals surface area contributed by atoms with Crippen molar-refractivity contribution in [2.24, 2.45) is 5.73 Å². The first-order valence-corrected chi connectivity index (χ1v) is 14.7. The molecule has 4 aliphatic rings. The van der Waals surface area contributed by atoms with E-state index in [0.29, 0.717) is 34.6 Å². The van der Waals surface area contributed by atoms with Crippen LogP contribution >= 0.6 is 23.2 Å². The van der Waals surface area contributed by atoms with Crippen molar-refractivity contribution in [1.82, 2.24) is 9.80 Å². The average molecular weight is 568 g/mol. The van der Waals surface area contributed by atoms with Crippen LogP contribution in [0.4, 0.5) is 4.39 Å². The highest BCUT2D eigenvalue weighted by Gasteiger charge is 2.45. The number of benzene rings is 2. The Balaban J connectivity index is 0.000000412.